The fourth-order valence-electron chi connectivity index (χ4n) is 3.85. The topological polar surface area (TPSA) is 93.1 Å². The van der Waals surface area contributed by atoms with Gasteiger partial charge in [-0.05, 0) is 48.6 Å². The van der Waals surface area contributed by atoms with Crippen molar-refractivity contribution in [3.63, 3.8) is 0 Å². The Balaban J connectivity index is 0.000000181. The second-order valence-electron chi connectivity index (χ2n) is 8.62. The van der Waals surface area contributed by atoms with E-state index in [0.717, 1.165) is 36.8 Å². The molecule has 32 heavy (non-hydrogen) atoms. The monoisotopic (exact) mass is 440 g/mol. The van der Waals surface area contributed by atoms with Gasteiger partial charge in [0.25, 0.3) is 0 Å². The maximum Gasteiger partial charge on any atom is 0.309 e. The average molecular weight is 441 g/mol. The van der Waals surface area contributed by atoms with Crippen LogP contribution in [0, 0.1) is 23.7 Å². The summed E-state index contributed by atoms with van der Waals surface area (Å²) in [6.45, 7) is 1.06. The number of benzene rings is 2. The SMILES string of the molecule is O=C(OCc1ccccc1)C1CC(CO)C1.O=C(OCc1ccccc1)C1CC(CO)C1. The molecule has 0 amide bonds. The Morgan fingerprint density at radius 1 is 0.656 bits per heavy atom. The van der Waals surface area contributed by atoms with E-state index in [2.05, 4.69) is 0 Å². The fourth-order valence-corrected chi connectivity index (χ4v) is 3.85. The van der Waals surface area contributed by atoms with Crippen molar-refractivity contribution >= 4 is 11.9 Å². The summed E-state index contributed by atoms with van der Waals surface area (Å²) >= 11 is 0. The van der Waals surface area contributed by atoms with E-state index in [4.69, 9.17) is 19.7 Å². The number of aliphatic hydroxyl groups is 2. The molecule has 2 fully saturated rings. The number of carbonyl (C=O) groups is 2. The lowest BCUT2D eigenvalue weighted by Crippen LogP contribution is -2.33. The van der Waals surface area contributed by atoms with Gasteiger partial charge in [0.15, 0.2) is 0 Å². The molecule has 2 aromatic rings. The van der Waals surface area contributed by atoms with Crippen LogP contribution in [0.5, 0.6) is 0 Å². The zero-order chi connectivity index (χ0) is 22.8. The highest BCUT2D eigenvalue weighted by Crippen LogP contribution is 2.34. The number of hydrogen-bond donors (Lipinski definition) is 2. The molecule has 0 radical (unpaired) electrons. The predicted octanol–water partition coefficient (Wildman–Crippen LogP) is 3.50. The molecule has 0 saturated heterocycles. The molecule has 2 aromatic carbocycles. The van der Waals surface area contributed by atoms with Crippen LogP contribution >= 0.6 is 0 Å². The minimum absolute atomic E-state index is 0.000798. The van der Waals surface area contributed by atoms with Gasteiger partial charge in [0, 0.05) is 13.2 Å². The second kappa shape index (κ2) is 12.4. The second-order valence-corrected chi connectivity index (χ2v) is 8.62. The first kappa shape index (κ1) is 24.0. The lowest BCUT2D eigenvalue weighted by Gasteiger charge is -2.31. The highest BCUT2D eigenvalue weighted by molar-refractivity contribution is 5.73. The molecule has 2 saturated carbocycles. The van der Waals surface area contributed by atoms with Crippen LogP contribution in [0.2, 0.25) is 0 Å². The molecule has 0 bridgehead atoms. The maximum absolute atomic E-state index is 11.6. The van der Waals surface area contributed by atoms with E-state index in [1.54, 1.807) is 0 Å². The quantitative estimate of drug-likeness (QED) is 0.611. The lowest BCUT2D eigenvalue weighted by molar-refractivity contribution is -0.156. The van der Waals surface area contributed by atoms with Crippen molar-refractivity contribution in [3.8, 4) is 0 Å². The molecule has 0 atom stereocenters. The molecule has 0 heterocycles. The fraction of sp³-hybridized carbons (Fsp3) is 0.462. The van der Waals surface area contributed by atoms with Gasteiger partial charge in [0.05, 0.1) is 11.8 Å². The lowest BCUT2D eigenvalue weighted by atomic mass is 9.75. The van der Waals surface area contributed by atoms with E-state index >= 15 is 0 Å². The normalized spacial score (nSPS) is 23.6. The van der Waals surface area contributed by atoms with Crippen molar-refractivity contribution in [2.45, 2.75) is 38.9 Å². The van der Waals surface area contributed by atoms with Crippen molar-refractivity contribution < 1.29 is 29.3 Å². The average Bonchev–Trinajstić information content (AvgIpc) is 2.77. The minimum Gasteiger partial charge on any atom is -0.461 e. The number of hydrogen-bond acceptors (Lipinski definition) is 6. The van der Waals surface area contributed by atoms with Gasteiger partial charge in [-0.15, -0.1) is 0 Å². The molecule has 4 rings (SSSR count). The third-order valence-electron chi connectivity index (χ3n) is 6.10. The van der Waals surface area contributed by atoms with Crippen molar-refractivity contribution in [1.29, 1.82) is 0 Å². The van der Waals surface area contributed by atoms with E-state index in [0.29, 0.717) is 25.0 Å². The van der Waals surface area contributed by atoms with Crippen LogP contribution in [0.3, 0.4) is 0 Å². The summed E-state index contributed by atoms with van der Waals surface area (Å²) in [5.74, 6) is 0.340. The summed E-state index contributed by atoms with van der Waals surface area (Å²) in [6.07, 6.45) is 3.07. The molecule has 2 N–H and O–H groups in total. The van der Waals surface area contributed by atoms with Crippen LogP contribution in [0.4, 0.5) is 0 Å². The summed E-state index contributed by atoms with van der Waals surface area (Å²) in [5, 5.41) is 17.7. The number of esters is 2. The summed E-state index contributed by atoms with van der Waals surface area (Å²) in [7, 11) is 0. The summed E-state index contributed by atoms with van der Waals surface area (Å²) in [5.41, 5.74) is 2.02. The van der Waals surface area contributed by atoms with Gasteiger partial charge in [-0.3, -0.25) is 9.59 Å². The predicted molar refractivity (Wildman–Crippen MR) is 119 cm³/mol. The van der Waals surface area contributed by atoms with Crippen molar-refractivity contribution in [1.82, 2.24) is 0 Å². The molecule has 0 aliphatic heterocycles. The van der Waals surface area contributed by atoms with Crippen LogP contribution < -0.4 is 0 Å². The van der Waals surface area contributed by atoms with E-state index in [1.807, 2.05) is 60.7 Å². The Kier molecular flexibility index (Phi) is 9.26. The van der Waals surface area contributed by atoms with Gasteiger partial charge in [-0.1, -0.05) is 60.7 Å². The van der Waals surface area contributed by atoms with Gasteiger partial charge >= 0.3 is 11.9 Å². The highest BCUT2D eigenvalue weighted by Gasteiger charge is 2.35. The Morgan fingerprint density at radius 2 is 1.00 bits per heavy atom. The summed E-state index contributed by atoms with van der Waals surface area (Å²) in [4.78, 5) is 23.1. The number of carbonyl (C=O) groups excluding carboxylic acids is 2. The van der Waals surface area contributed by atoms with Gasteiger partial charge in [-0.2, -0.15) is 0 Å². The zero-order valence-corrected chi connectivity index (χ0v) is 18.3. The van der Waals surface area contributed by atoms with Crippen LogP contribution in [0.25, 0.3) is 0 Å². The van der Waals surface area contributed by atoms with Crippen LogP contribution in [0.15, 0.2) is 60.7 Å². The highest BCUT2D eigenvalue weighted by atomic mass is 16.5. The molecule has 0 aromatic heterocycles. The zero-order valence-electron chi connectivity index (χ0n) is 18.3. The van der Waals surface area contributed by atoms with Crippen molar-refractivity contribution in [2.75, 3.05) is 13.2 Å². The molecular formula is C26H32O6. The molecule has 2 aliphatic rings. The van der Waals surface area contributed by atoms with Gasteiger partial charge < -0.3 is 19.7 Å². The summed E-state index contributed by atoms with van der Waals surface area (Å²) in [6, 6.07) is 19.3. The first-order chi connectivity index (χ1) is 15.6. The largest absolute Gasteiger partial charge is 0.461 e. The maximum atomic E-state index is 11.6. The Hall–Kier alpha value is -2.70. The molecular weight excluding hydrogens is 408 g/mol. The van der Waals surface area contributed by atoms with Crippen LogP contribution in [-0.2, 0) is 32.3 Å². The third-order valence-corrected chi connectivity index (χ3v) is 6.10. The smallest absolute Gasteiger partial charge is 0.309 e. The Labute approximate surface area is 189 Å². The molecule has 0 spiro atoms. The van der Waals surface area contributed by atoms with Crippen molar-refractivity contribution in [3.05, 3.63) is 71.8 Å². The van der Waals surface area contributed by atoms with Gasteiger partial charge in [0.2, 0.25) is 0 Å². The Bertz CT molecular complexity index is 754. The van der Waals surface area contributed by atoms with Gasteiger partial charge in [0.1, 0.15) is 13.2 Å². The minimum atomic E-state index is -0.131. The van der Waals surface area contributed by atoms with Crippen LogP contribution in [-0.4, -0.2) is 35.4 Å². The first-order valence-electron chi connectivity index (χ1n) is 11.2. The molecule has 6 nitrogen and oxygen atoms in total. The van der Waals surface area contributed by atoms with Crippen molar-refractivity contribution in [2.24, 2.45) is 23.7 Å². The van der Waals surface area contributed by atoms with E-state index in [-0.39, 0.29) is 37.0 Å². The third kappa shape index (κ3) is 7.18. The molecule has 0 unspecified atom stereocenters. The Morgan fingerprint density at radius 3 is 1.31 bits per heavy atom. The van der Waals surface area contributed by atoms with Crippen LogP contribution in [0.1, 0.15) is 36.8 Å². The molecule has 6 heteroatoms. The van der Waals surface area contributed by atoms with E-state index < -0.39 is 0 Å². The molecule has 2 aliphatic carbocycles. The van der Waals surface area contributed by atoms with Gasteiger partial charge in [-0.25, -0.2) is 0 Å². The number of ether oxygens (including phenoxy) is 2. The molecule has 172 valence electrons. The van der Waals surface area contributed by atoms with E-state index in [9.17, 15) is 9.59 Å². The first-order valence-corrected chi connectivity index (χ1v) is 11.2. The standard InChI is InChI=1S/2C13H16O3/c2*14-8-11-6-12(7-11)13(15)16-9-10-4-2-1-3-5-10/h2*1-5,11-12,14H,6-9H2. The van der Waals surface area contributed by atoms with E-state index in [1.165, 1.54) is 0 Å². The summed E-state index contributed by atoms with van der Waals surface area (Å²) < 4.78 is 10.4. The number of aliphatic hydroxyl groups excluding tert-OH is 2. The number of rotatable bonds is 8.